The summed E-state index contributed by atoms with van der Waals surface area (Å²) in [5.74, 6) is 0.898. The quantitative estimate of drug-likeness (QED) is 0.793. The van der Waals surface area contributed by atoms with Crippen molar-refractivity contribution < 1.29 is 4.74 Å². The van der Waals surface area contributed by atoms with Crippen LogP contribution >= 0.6 is 0 Å². The van der Waals surface area contributed by atoms with Crippen molar-refractivity contribution >= 4 is 10.9 Å². The first-order valence-corrected chi connectivity index (χ1v) is 8.56. The van der Waals surface area contributed by atoms with Gasteiger partial charge in [-0.15, -0.1) is 0 Å². The normalized spacial score (nSPS) is 18.3. The number of hydrogen-bond donors (Lipinski definition) is 1. The van der Waals surface area contributed by atoms with Crippen molar-refractivity contribution in [1.82, 2.24) is 14.9 Å². The number of likely N-dealkylation sites (N-methyl/N-ethyl adjacent to an activating group) is 1. The van der Waals surface area contributed by atoms with Gasteiger partial charge < -0.3 is 14.6 Å². The van der Waals surface area contributed by atoms with Crippen LogP contribution in [0.2, 0.25) is 0 Å². The molecule has 1 saturated heterocycles. The molecule has 0 radical (unpaired) electrons. The van der Waals surface area contributed by atoms with E-state index in [9.17, 15) is 0 Å². The summed E-state index contributed by atoms with van der Waals surface area (Å²) in [4.78, 5) is 10.6. The Kier molecular flexibility index (Phi) is 3.98. The second-order valence-electron chi connectivity index (χ2n) is 6.59. The summed E-state index contributed by atoms with van der Waals surface area (Å²) in [6, 6.07) is 12.9. The van der Waals surface area contributed by atoms with E-state index in [1.54, 1.807) is 7.11 Å². The Hall–Kier alpha value is -2.33. The van der Waals surface area contributed by atoms with E-state index in [1.807, 2.05) is 24.4 Å². The van der Waals surface area contributed by atoms with E-state index in [-0.39, 0.29) is 0 Å². The predicted molar refractivity (Wildman–Crippen MR) is 97.4 cm³/mol. The maximum absolute atomic E-state index is 5.44. The number of rotatable bonds is 4. The average Bonchev–Trinajstić information content (AvgIpc) is 3.19. The van der Waals surface area contributed by atoms with E-state index in [2.05, 4.69) is 40.1 Å². The molecule has 1 aromatic carbocycles. The van der Waals surface area contributed by atoms with Crippen LogP contribution in [0, 0.1) is 0 Å². The number of fused-ring (bicyclic) bond motifs is 1. The van der Waals surface area contributed by atoms with Crippen molar-refractivity contribution in [2.45, 2.75) is 25.3 Å². The monoisotopic (exact) mass is 321 g/mol. The van der Waals surface area contributed by atoms with Crippen LogP contribution in [0.5, 0.6) is 5.75 Å². The Labute approximate surface area is 142 Å². The zero-order valence-electron chi connectivity index (χ0n) is 14.2. The van der Waals surface area contributed by atoms with Crippen LogP contribution in [0.1, 0.15) is 18.4 Å². The van der Waals surface area contributed by atoms with Gasteiger partial charge in [0.15, 0.2) is 0 Å². The summed E-state index contributed by atoms with van der Waals surface area (Å²) in [7, 11) is 3.95. The number of methoxy groups -OCH3 is 1. The van der Waals surface area contributed by atoms with E-state index < -0.39 is 0 Å². The Bertz CT molecular complexity index is 841. The lowest BCUT2D eigenvalue weighted by Crippen LogP contribution is -2.26. The Morgan fingerprint density at radius 3 is 2.92 bits per heavy atom. The van der Waals surface area contributed by atoms with Gasteiger partial charge in [-0.2, -0.15) is 0 Å². The Morgan fingerprint density at radius 2 is 2.21 bits per heavy atom. The Balaban J connectivity index is 1.85. The van der Waals surface area contributed by atoms with Gasteiger partial charge >= 0.3 is 0 Å². The molecule has 1 aliphatic heterocycles. The van der Waals surface area contributed by atoms with Crippen molar-refractivity contribution in [3.63, 3.8) is 0 Å². The molecular formula is C20H23N3O. The van der Waals surface area contributed by atoms with Gasteiger partial charge in [0, 0.05) is 23.1 Å². The van der Waals surface area contributed by atoms with Gasteiger partial charge in [-0.25, -0.2) is 0 Å². The van der Waals surface area contributed by atoms with Gasteiger partial charge in [0.25, 0.3) is 0 Å². The van der Waals surface area contributed by atoms with Crippen molar-refractivity contribution in [2.24, 2.45) is 0 Å². The predicted octanol–water partition coefficient (Wildman–Crippen LogP) is 3.88. The summed E-state index contributed by atoms with van der Waals surface area (Å²) < 4.78 is 5.44. The van der Waals surface area contributed by atoms with Gasteiger partial charge in [0.05, 0.1) is 18.5 Å². The second kappa shape index (κ2) is 6.29. The lowest BCUT2D eigenvalue weighted by Gasteiger charge is -2.19. The molecule has 1 atom stereocenters. The fraction of sp³-hybridized carbons (Fsp3) is 0.350. The van der Waals surface area contributed by atoms with Crippen molar-refractivity contribution in [3.8, 4) is 17.1 Å². The van der Waals surface area contributed by atoms with E-state index in [1.165, 1.54) is 30.3 Å². The summed E-state index contributed by atoms with van der Waals surface area (Å²) >= 11 is 0. The number of nitrogens with one attached hydrogen (secondary N) is 1. The largest absolute Gasteiger partial charge is 0.497 e. The summed E-state index contributed by atoms with van der Waals surface area (Å²) in [5, 5.41) is 1.25. The first-order valence-electron chi connectivity index (χ1n) is 8.56. The fourth-order valence-corrected chi connectivity index (χ4v) is 3.77. The number of nitrogens with zero attached hydrogens (tertiary/aromatic N) is 2. The molecule has 2 aromatic heterocycles. The average molecular weight is 321 g/mol. The highest BCUT2D eigenvalue weighted by Crippen LogP contribution is 2.34. The van der Waals surface area contributed by atoms with Crippen molar-refractivity contribution in [3.05, 3.63) is 48.2 Å². The van der Waals surface area contributed by atoms with E-state index in [0.29, 0.717) is 6.04 Å². The summed E-state index contributed by atoms with van der Waals surface area (Å²) in [5.41, 5.74) is 4.64. The summed E-state index contributed by atoms with van der Waals surface area (Å²) in [6.07, 6.45) is 5.43. The molecule has 3 heterocycles. The molecule has 1 aliphatic rings. The van der Waals surface area contributed by atoms with Gasteiger partial charge in [-0.1, -0.05) is 6.07 Å². The molecule has 24 heavy (non-hydrogen) atoms. The number of H-pyrrole nitrogens is 1. The highest BCUT2D eigenvalue weighted by Gasteiger charge is 2.24. The molecule has 0 saturated carbocycles. The van der Waals surface area contributed by atoms with Crippen molar-refractivity contribution in [1.29, 1.82) is 0 Å². The number of ether oxygens (including phenoxy) is 1. The molecule has 0 bridgehead atoms. The molecule has 4 nitrogen and oxygen atoms in total. The van der Waals surface area contributed by atoms with Gasteiger partial charge in [-0.05, 0) is 68.8 Å². The smallest absolute Gasteiger partial charge is 0.119 e. The number of hydrogen-bond acceptors (Lipinski definition) is 3. The van der Waals surface area contributed by atoms with Crippen LogP contribution in [0.15, 0.2) is 42.6 Å². The molecule has 3 aromatic rings. The molecule has 0 spiro atoms. The third kappa shape index (κ3) is 2.67. The van der Waals surface area contributed by atoms with E-state index in [4.69, 9.17) is 4.74 Å². The van der Waals surface area contributed by atoms with Crippen LogP contribution in [0.3, 0.4) is 0 Å². The molecule has 0 aliphatic carbocycles. The van der Waals surface area contributed by atoms with Crippen LogP contribution < -0.4 is 4.74 Å². The number of aromatic nitrogens is 2. The maximum Gasteiger partial charge on any atom is 0.119 e. The minimum Gasteiger partial charge on any atom is -0.497 e. The number of benzene rings is 1. The van der Waals surface area contributed by atoms with Gasteiger partial charge in [0.1, 0.15) is 5.75 Å². The fourth-order valence-electron chi connectivity index (χ4n) is 3.77. The highest BCUT2D eigenvalue weighted by atomic mass is 16.5. The maximum atomic E-state index is 5.44. The van der Waals surface area contributed by atoms with Gasteiger partial charge in [-0.3, -0.25) is 4.98 Å². The van der Waals surface area contributed by atoms with E-state index >= 15 is 0 Å². The van der Waals surface area contributed by atoms with Crippen LogP contribution in [0.25, 0.3) is 22.3 Å². The van der Waals surface area contributed by atoms with Crippen LogP contribution in [-0.2, 0) is 6.42 Å². The van der Waals surface area contributed by atoms with Crippen molar-refractivity contribution in [2.75, 3.05) is 20.7 Å². The van der Waals surface area contributed by atoms with E-state index in [0.717, 1.165) is 29.1 Å². The Morgan fingerprint density at radius 1 is 1.29 bits per heavy atom. The minimum absolute atomic E-state index is 0.595. The third-order valence-corrected chi connectivity index (χ3v) is 5.15. The lowest BCUT2D eigenvalue weighted by molar-refractivity contribution is 0.310. The summed E-state index contributed by atoms with van der Waals surface area (Å²) in [6.45, 7) is 1.19. The molecule has 0 amide bonds. The molecule has 1 N–H and O–H groups in total. The molecule has 124 valence electrons. The lowest BCUT2D eigenvalue weighted by atomic mass is 9.99. The number of aromatic amines is 1. The topological polar surface area (TPSA) is 41.1 Å². The minimum atomic E-state index is 0.595. The first-order chi connectivity index (χ1) is 11.8. The molecule has 1 fully saturated rings. The van der Waals surface area contributed by atoms with Gasteiger partial charge in [0.2, 0.25) is 0 Å². The standard InChI is InChI=1S/C20H23N3O/c1-23-11-5-6-14(23)12-17-16-13-15(24-2)8-9-18(16)22-20(17)19-7-3-4-10-21-19/h3-4,7-10,13-14,22H,5-6,11-12H2,1-2H3/t14-/m1/s1. The third-order valence-electron chi connectivity index (χ3n) is 5.15. The first kappa shape index (κ1) is 15.2. The van der Waals surface area contributed by atoms with Crippen LogP contribution in [0.4, 0.5) is 0 Å². The zero-order valence-corrected chi connectivity index (χ0v) is 14.2. The SMILES string of the molecule is COc1ccc2[nH]c(-c3ccccn3)c(C[C@H]3CCCN3C)c2c1. The number of pyridine rings is 1. The molecule has 4 rings (SSSR count). The number of likely N-dealkylation sites (tertiary alicyclic amines) is 1. The molecular weight excluding hydrogens is 298 g/mol. The van der Waals surface area contributed by atoms with Crippen LogP contribution in [-0.4, -0.2) is 41.6 Å². The zero-order chi connectivity index (χ0) is 16.5. The molecule has 4 heteroatoms. The highest BCUT2D eigenvalue weighted by molar-refractivity contribution is 5.91. The second-order valence-corrected chi connectivity index (χ2v) is 6.59. The molecule has 0 unspecified atom stereocenters.